The van der Waals surface area contributed by atoms with Gasteiger partial charge in [-0.3, -0.25) is 14.6 Å². The van der Waals surface area contributed by atoms with Crippen LogP contribution in [-0.4, -0.2) is 51.3 Å². The Labute approximate surface area is 178 Å². The smallest absolute Gasteiger partial charge is 0.307 e. The predicted molar refractivity (Wildman–Crippen MR) is 107 cm³/mol. The van der Waals surface area contributed by atoms with Crippen LogP contribution in [-0.2, 0) is 4.79 Å². The number of carboxylic acid groups (broad SMARTS) is 1. The molecule has 2 aromatic rings. The minimum atomic E-state index is -0.865. The van der Waals surface area contributed by atoms with Crippen LogP contribution >= 0.6 is 0 Å². The van der Waals surface area contributed by atoms with E-state index in [4.69, 9.17) is 4.52 Å². The third-order valence-electron chi connectivity index (χ3n) is 6.11. The number of amides is 1. The standard InChI is InChI=1S/C22H25F2N3O4/c23-15-8-9-17(18(24)11-15)20-12-19(25-31-20)21(28)27(16-6-2-1-3-7-16)26-10-4-5-14(13-26)22(29)30/h8-9,11-12,14,16H,1-7,10,13H2,(H,29,30)/t14-/m0/s1. The number of aromatic nitrogens is 1. The number of aliphatic carboxylic acids is 1. The maximum absolute atomic E-state index is 14.1. The molecule has 4 rings (SSSR count). The zero-order valence-corrected chi connectivity index (χ0v) is 17.1. The molecular weight excluding hydrogens is 408 g/mol. The Balaban J connectivity index is 1.61. The highest BCUT2D eigenvalue weighted by atomic mass is 19.1. The number of carbonyl (C=O) groups is 2. The Hall–Kier alpha value is -2.81. The highest BCUT2D eigenvalue weighted by Gasteiger charge is 2.37. The molecule has 0 radical (unpaired) electrons. The lowest BCUT2D eigenvalue weighted by molar-refractivity contribution is -0.147. The number of hydrogen-bond donors (Lipinski definition) is 1. The first kappa shape index (κ1) is 21.4. The summed E-state index contributed by atoms with van der Waals surface area (Å²) in [5.41, 5.74) is 0.0304. The van der Waals surface area contributed by atoms with E-state index in [1.54, 1.807) is 5.01 Å². The van der Waals surface area contributed by atoms with E-state index in [-0.39, 0.29) is 29.6 Å². The van der Waals surface area contributed by atoms with Gasteiger partial charge in [0.25, 0.3) is 5.91 Å². The van der Waals surface area contributed by atoms with Crippen LogP contribution in [0, 0.1) is 17.6 Å². The van der Waals surface area contributed by atoms with Gasteiger partial charge in [0.2, 0.25) is 0 Å². The quantitative estimate of drug-likeness (QED) is 0.764. The van der Waals surface area contributed by atoms with Crippen LogP contribution in [0.4, 0.5) is 8.78 Å². The number of carboxylic acids is 1. The lowest BCUT2D eigenvalue weighted by Gasteiger charge is -2.44. The monoisotopic (exact) mass is 433 g/mol. The summed E-state index contributed by atoms with van der Waals surface area (Å²) < 4.78 is 32.5. The zero-order valence-electron chi connectivity index (χ0n) is 17.1. The van der Waals surface area contributed by atoms with E-state index in [0.717, 1.165) is 44.2 Å². The van der Waals surface area contributed by atoms with Crippen molar-refractivity contribution in [1.29, 1.82) is 0 Å². The summed E-state index contributed by atoms with van der Waals surface area (Å²) in [6.45, 7) is 0.845. The van der Waals surface area contributed by atoms with E-state index in [1.807, 2.05) is 5.01 Å². The van der Waals surface area contributed by atoms with Crippen molar-refractivity contribution in [1.82, 2.24) is 15.2 Å². The molecule has 1 amide bonds. The summed E-state index contributed by atoms with van der Waals surface area (Å²) in [5, 5.41) is 16.8. The van der Waals surface area contributed by atoms with E-state index in [9.17, 15) is 23.5 Å². The molecule has 1 aromatic heterocycles. The zero-order chi connectivity index (χ0) is 22.0. The van der Waals surface area contributed by atoms with Gasteiger partial charge in [-0.2, -0.15) is 0 Å². The lowest BCUT2D eigenvalue weighted by Crippen LogP contribution is -2.56. The van der Waals surface area contributed by atoms with Gasteiger partial charge in [0, 0.05) is 31.3 Å². The molecule has 1 aliphatic heterocycles. The van der Waals surface area contributed by atoms with Gasteiger partial charge < -0.3 is 9.63 Å². The Bertz CT molecular complexity index is 958. The van der Waals surface area contributed by atoms with Crippen LogP contribution in [0.5, 0.6) is 0 Å². The number of halogens is 2. The van der Waals surface area contributed by atoms with Crippen LogP contribution in [0.1, 0.15) is 55.4 Å². The van der Waals surface area contributed by atoms with Crippen LogP contribution in [0.15, 0.2) is 28.8 Å². The van der Waals surface area contributed by atoms with Crippen LogP contribution in [0.25, 0.3) is 11.3 Å². The summed E-state index contributed by atoms with van der Waals surface area (Å²) in [7, 11) is 0. The number of carbonyl (C=O) groups excluding carboxylic acids is 1. The predicted octanol–water partition coefficient (Wildman–Crippen LogP) is 4.11. The fourth-order valence-electron chi connectivity index (χ4n) is 4.51. The van der Waals surface area contributed by atoms with Crippen molar-refractivity contribution >= 4 is 11.9 Å². The number of nitrogens with zero attached hydrogens (tertiary/aromatic N) is 3. The number of rotatable bonds is 5. The van der Waals surface area contributed by atoms with Gasteiger partial charge in [-0.15, -0.1) is 0 Å². The van der Waals surface area contributed by atoms with Crippen LogP contribution < -0.4 is 0 Å². The molecular formula is C22H25F2N3O4. The molecule has 1 saturated heterocycles. The van der Waals surface area contributed by atoms with Crippen LogP contribution in [0.3, 0.4) is 0 Å². The summed E-state index contributed by atoms with van der Waals surface area (Å²) in [4.78, 5) is 25.0. The SMILES string of the molecule is O=C(O)[C@H]1CCCN(N(C(=O)c2cc(-c3ccc(F)cc3F)on2)C2CCCCC2)C1. The third kappa shape index (κ3) is 4.61. The Morgan fingerprint density at radius 1 is 1.10 bits per heavy atom. The fraction of sp³-hybridized carbons (Fsp3) is 0.500. The molecule has 1 aliphatic carbocycles. The van der Waals surface area contributed by atoms with Crippen molar-refractivity contribution in [3.05, 3.63) is 41.6 Å². The minimum Gasteiger partial charge on any atom is -0.481 e. The molecule has 31 heavy (non-hydrogen) atoms. The molecule has 0 bridgehead atoms. The second-order valence-electron chi connectivity index (χ2n) is 8.23. The van der Waals surface area contributed by atoms with E-state index in [1.165, 1.54) is 12.1 Å². The van der Waals surface area contributed by atoms with Crippen molar-refractivity contribution in [2.24, 2.45) is 5.92 Å². The molecule has 1 aromatic carbocycles. The first-order chi connectivity index (χ1) is 14.9. The van der Waals surface area contributed by atoms with Gasteiger partial charge >= 0.3 is 5.97 Å². The van der Waals surface area contributed by atoms with E-state index < -0.39 is 29.4 Å². The van der Waals surface area contributed by atoms with Crippen molar-refractivity contribution in [3.63, 3.8) is 0 Å². The molecule has 7 nitrogen and oxygen atoms in total. The summed E-state index contributed by atoms with van der Waals surface area (Å²) in [6, 6.07) is 4.40. The van der Waals surface area contributed by atoms with Crippen molar-refractivity contribution in [2.45, 2.75) is 51.0 Å². The second kappa shape index (κ2) is 9.13. The van der Waals surface area contributed by atoms with E-state index in [2.05, 4.69) is 5.16 Å². The average Bonchev–Trinajstić information content (AvgIpc) is 3.25. The average molecular weight is 433 g/mol. The Kier molecular flexibility index (Phi) is 6.31. The largest absolute Gasteiger partial charge is 0.481 e. The number of hydrogen-bond acceptors (Lipinski definition) is 5. The Morgan fingerprint density at radius 3 is 2.58 bits per heavy atom. The van der Waals surface area contributed by atoms with Gasteiger partial charge in [0.15, 0.2) is 11.5 Å². The first-order valence-corrected chi connectivity index (χ1v) is 10.7. The Morgan fingerprint density at radius 2 is 1.87 bits per heavy atom. The van der Waals surface area contributed by atoms with E-state index in [0.29, 0.717) is 19.4 Å². The molecule has 2 aliphatic rings. The number of hydrazine groups is 1. The third-order valence-corrected chi connectivity index (χ3v) is 6.11. The van der Waals surface area contributed by atoms with Crippen molar-refractivity contribution < 1.29 is 28.0 Å². The molecule has 1 saturated carbocycles. The first-order valence-electron chi connectivity index (χ1n) is 10.7. The molecule has 0 unspecified atom stereocenters. The van der Waals surface area contributed by atoms with Gasteiger partial charge in [0.1, 0.15) is 11.6 Å². The highest BCUT2D eigenvalue weighted by molar-refractivity contribution is 5.93. The highest BCUT2D eigenvalue weighted by Crippen LogP contribution is 2.30. The molecule has 166 valence electrons. The summed E-state index contributed by atoms with van der Waals surface area (Å²) in [6.07, 6.45) is 6.02. The fourth-order valence-corrected chi connectivity index (χ4v) is 4.51. The van der Waals surface area contributed by atoms with E-state index >= 15 is 0 Å². The molecule has 1 atom stereocenters. The molecule has 1 N–H and O–H groups in total. The van der Waals surface area contributed by atoms with Gasteiger partial charge in [-0.05, 0) is 37.8 Å². The van der Waals surface area contributed by atoms with Gasteiger partial charge in [-0.25, -0.2) is 13.8 Å². The maximum Gasteiger partial charge on any atom is 0.307 e. The van der Waals surface area contributed by atoms with Gasteiger partial charge in [-0.1, -0.05) is 24.4 Å². The maximum atomic E-state index is 14.1. The normalized spacial score (nSPS) is 20.5. The minimum absolute atomic E-state index is 0.0149. The van der Waals surface area contributed by atoms with Crippen molar-refractivity contribution in [3.8, 4) is 11.3 Å². The van der Waals surface area contributed by atoms with Gasteiger partial charge in [0.05, 0.1) is 11.5 Å². The molecule has 0 spiro atoms. The summed E-state index contributed by atoms with van der Waals surface area (Å²) >= 11 is 0. The number of benzene rings is 1. The summed E-state index contributed by atoms with van der Waals surface area (Å²) in [5.74, 6) is -3.27. The lowest BCUT2D eigenvalue weighted by atomic mass is 9.94. The molecule has 2 fully saturated rings. The number of piperidine rings is 1. The molecule has 9 heteroatoms. The topological polar surface area (TPSA) is 86.9 Å². The molecule has 2 heterocycles. The van der Waals surface area contributed by atoms with Crippen LogP contribution in [0.2, 0.25) is 0 Å². The van der Waals surface area contributed by atoms with Crippen molar-refractivity contribution in [2.75, 3.05) is 13.1 Å². The second-order valence-corrected chi connectivity index (χ2v) is 8.23.